The van der Waals surface area contributed by atoms with Gasteiger partial charge in [0.1, 0.15) is 0 Å². The Kier molecular flexibility index (Phi) is 8.07. The predicted octanol–water partition coefficient (Wildman–Crippen LogP) is 4.16. The summed E-state index contributed by atoms with van der Waals surface area (Å²) in [5, 5.41) is 5.10. The maximum atomic E-state index is 14.0. The number of hydrogen-bond acceptors (Lipinski definition) is 5. The Bertz CT molecular complexity index is 746. The van der Waals surface area contributed by atoms with Crippen LogP contribution in [0.3, 0.4) is 0 Å². The van der Waals surface area contributed by atoms with Crippen LogP contribution in [-0.2, 0) is 9.47 Å². The average Bonchev–Trinajstić information content (AvgIpc) is 2.94. The van der Waals surface area contributed by atoms with Crippen molar-refractivity contribution < 1.29 is 28.2 Å². The molecule has 0 spiro atoms. The standard InChI is InChI=1S/C19H25ClFN3O5/c1-3-28-18(27)24-12-8-4-7-11-23(24)17(26)22-15-10-6-5-9-14(15)16(25)29-19(2,21)13-20/h5-6,9-10H,3-4,7-8,11-13H2,1-2H3,(H,22,26). The van der Waals surface area contributed by atoms with Crippen LogP contribution in [0.2, 0.25) is 0 Å². The fourth-order valence-corrected chi connectivity index (χ4v) is 2.82. The lowest BCUT2D eigenvalue weighted by molar-refractivity contribution is -0.0731. The molecule has 1 aromatic rings. The summed E-state index contributed by atoms with van der Waals surface area (Å²) in [6, 6.07) is 5.43. The highest BCUT2D eigenvalue weighted by Crippen LogP contribution is 2.23. The summed E-state index contributed by atoms with van der Waals surface area (Å²) in [5.74, 6) is -3.85. The first-order chi connectivity index (χ1) is 13.8. The lowest BCUT2D eigenvalue weighted by Gasteiger charge is -2.32. The summed E-state index contributed by atoms with van der Waals surface area (Å²) in [6.45, 7) is 3.55. The quantitative estimate of drug-likeness (QED) is 0.560. The van der Waals surface area contributed by atoms with E-state index in [9.17, 15) is 18.8 Å². The third kappa shape index (κ3) is 6.22. The maximum absolute atomic E-state index is 14.0. The molecule has 1 unspecified atom stereocenters. The van der Waals surface area contributed by atoms with Gasteiger partial charge in [0.2, 0.25) is 0 Å². The number of carbonyl (C=O) groups is 3. The van der Waals surface area contributed by atoms with E-state index in [1.54, 1.807) is 19.1 Å². The van der Waals surface area contributed by atoms with Crippen molar-refractivity contribution in [3.8, 4) is 0 Å². The highest BCUT2D eigenvalue weighted by molar-refractivity contribution is 6.18. The highest BCUT2D eigenvalue weighted by atomic mass is 35.5. The number of esters is 1. The van der Waals surface area contributed by atoms with Crippen LogP contribution in [0.1, 0.15) is 43.5 Å². The van der Waals surface area contributed by atoms with Gasteiger partial charge in [0.05, 0.1) is 23.7 Å². The fraction of sp³-hybridized carbons (Fsp3) is 0.526. The van der Waals surface area contributed by atoms with Gasteiger partial charge in [-0.2, -0.15) is 4.39 Å². The Morgan fingerprint density at radius 1 is 1.17 bits per heavy atom. The van der Waals surface area contributed by atoms with Gasteiger partial charge in [-0.3, -0.25) is 0 Å². The van der Waals surface area contributed by atoms with Crippen molar-refractivity contribution in [2.24, 2.45) is 0 Å². The van der Waals surface area contributed by atoms with Gasteiger partial charge in [0.25, 0.3) is 5.85 Å². The van der Waals surface area contributed by atoms with Crippen molar-refractivity contribution in [1.82, 2.24) is 10.0 Å². The van der Waals surface area contributed by atoms with Crippen molar-refractivity contribution in [3.05, 3.63) is 29.8 Å². The minimum atomic E-state index is -2.35. The van der Waals surface area contributed by atoms with Crippen LogP contribution in [0.15, 0.2) is 24.3 Å². The van der Waals surface area contributed by atoms with Crippen LogP contribution < -0.4 is 5.32 Å². The van der Waals surface area contributed by atoms with Crippen LogP contribution in [0.25, 0.3) is 0 Å². The number of nitrogens with one attached hydrogen (secondary N) is 1. The van der Waals surface area contributed by atoms with E-state index in [0.29, 0.717) is 19.5 Å². The molecule has 8 nitrogen and oxygen atoms in total. The Labute approximate surface area is 173 Å². The molecule has 1 saturated heterocycles. The van der Waals surface area contributed by atoms with E-state index < -0.39 is 29.8 Å². The zero-order valence-corrected chi connectivity index (χ0v) is 17.2. The third-order valence-corrected chi connectivity index (χ3v) is 4.65. The van der Waals surface area contributed by atoms with E-state index in [-0.39, 0.29) is 17.9 Å². The molecule has 3 amide bonds. The first kappa shape index (κ1) is 22.7. The molecule has 1 aliphatic rings. The number of amides is 3. The van der Waals surface area contributed by atoms with Gasteiger partial charge in [-0.1, -0.05) is 12.1 Å². The number of carbonyl (C=O) groups excluding carboxylic acids is 3. The molecule has 1 N–H and O–H groups in total. The van der Waals surface area contributed by atoms with Crippen LogP contribution in [0.4, 0.5) is 19.7 Å². The van der Waals surface area contributed by atoms with Crippen LogP contribution >= 0.6 is 11.6 Å². The summed E-state index contributed by atoms with van der Waals surface area (Å²) in [4.78, 5) is 37.5. The first-order valence-electron chi connectivity index (χ1n) is 9.39. The number of para-hydroxylation sites is 1. The number of nitrogens with zero attached hydrogens (tertiary/aromatic N) is 2. The summed E-state index contributed by atoms with van der Waals surface area (Å²) in [7, 11) is 0. The number of alkyl halides is 2. The maximum Gasteiger partial charge on any atom is 0.428 e. The van der Waals surface area contributed by atoms with Gasteiger partial charge in [0.15, 0.2) is 0 Å². The molecule has 0 saturated carbocycles. The molecule has 1 fully saturated rings. The van der Waals surface area contributed by atoms with E-state index in [2.05, 4.69) is 5.32 Å². The van der Waals surface area contributed by atoms with Gasteiger partial charge >= 0.3 is 18.1 Å². The zero-order chi connectivity index (χ0) is 21.4. The normalized spacial score (nSPS) is 16.4. The molecule has 10 heteroatoms. The Morgan fingerprint density at radius 3 is 2.48 bits per heavy atom. The molecule has 0 radical (unpaired) electrons. The van der Waals surface area contributed by atoms with Crippen LogP contribution in [-0.4, -0.2) is 59.5 Å². The number of urea groups is 1. The Balaban J connectivity index is 2.20. The predicted molar refractivity (Wildman–Crippen MR) is 105 cm³/mol. The SMILES string of the molecule is CCOC(=O)N1CCCCCN1C(=O)Nc1ccccc1C(=O)OC(C)(F)CCl. The van der Waals surface area contributed by atoms with Crippen molar-refractivity contribution >= 4 is 35.4 Å². The van der Waals surface area contributed by atoms with E-state index in [1.165, 1.54) is 22.2 Å². The minimum absolute atomic E-state index is 0.0349. The first-order valence-corrected chi connectivity index (χ1v) is 9.92. The second-order valence-corrected chi connectivity index (χ2v) is 6.87. The summed E-state index contributed by atoms with van der Waals surface area (Å²) >= 11 is 5.46. The molecule has 29 heavy (non-hydrogen) atoms. The van der Waals surface area contributed by atoms with E-state index in [1.807, 2.05) is 0 Å². The second-order valence-electron chi connectivity index (χ2n) is 6.61. The van der Waals surface area contributed by atoms with Crippen molar-refractivity contribution in [2.45, 2.75) is 39.0 Å². The summed E-state index contributed by atoms with van der Waals surface area (Å²) in [6.07, 6.45) is 1.69. The van der Waals surface area contributed by atoms with Gasteiger partial charge in [0, 0.05) is 20.0 Å². The molecule has 1 aromatic carbocycles. The zero-order valence-electron chi connectivity index (χ0n) is 16.5. The van der Waals surface area contributed by atoms with E-state index >= 15 is 0 Å². The molecule has 0 aromatic heterocycles. The van der Waals surface area contributed by atoms with Gasteiger partial charge < -0.3 is 14.8 Å². The third-order valence-electron chi connectivity index (χ3n) is 4.18. The Hall–Kier alpha value is -2.55. The molecule has 2 rings (SSSR count). The number of anilines is 1. The van der Waals surface area contributed by atoms with Crippen LogP contribution in [0, 0.1) is 0 Å². The lowest BCUT2D eigenvalue weighted by atomic mass is 10.2. The van der Waals surface area contributed by atoms with Gasteiger partial charge in [-0.05, 0) is 38.3 Å². The molecule has 0 aliphatic carbocycles. The summed E-state index contributed by atoms with van der Waals surface area (Å²) in [5.41, 5.74) is 0.0910. The average molecular weight is 430 g/mol. The minimum Gasteiger partial charge on any atom is -0.448 e. The van der Waals surface area contributed by atoms with Crippen molar-refractivity contribution in [3.63, 3.8) is 0 Å². The highest BCUT2D eigenvalue weighted by Gasteiger charge is 2.31. The van der Waals surface area contributed by atoms with E-state index in [0.717, 1.165) is 19.8 Å². The summed E-state index contributed by atoms with van der Waals surface area (Å²) < 4.78 is 23.8. The lowest BCUT2D eigenvalue weighted by Crippen LogP contribution is -2.51. The van der Waals surface area contributed by atoms with Crippen molar-refractivity contribution in [1.29, 1.82) is 0 Å². The number of halogens is 2. The second kappa shape index (κ2) is 10.3. The fourth-order valence-electron chi connectivity index (χ4n) is 2.77. The Morgan fingerprint density at radius 2 is 1.83 bits per heavy atom. The molecular weight excluding hydrogens is 405 g/mol. The molecule has 160 valence electrons. The van der Waals surface area contributed by atoms with E-state index in [4.69, 9.17) is 21.1 Å². The number of hydrazine groups is 1. The number of benzene rings is 1. The number of hydrogen-bond donors (Lipinski definition) is 1. The van der Waals surface area contributed by atoms with Gasteiger partial charge in [-0.15, -0.1) is 11.6 Å². The monoisotopic (exact) mass is 429 g/mol. The molecule has 1 heterocycles. The largest absolute Gasteiger partial charge is 0.448 e. The van der Waals surface area contributed by atoms with Crippen molar-refractivity contribution in [2.75, 3.05) is 30.9 Å². The molecular formula is C19H25ClFN3O5. The molecule has 1 atom stereocenters. The topological polar surface area (TPSA) is 88.2 Å². The number of ether oxygens (including phenoxy) is 2. The molecule has 0 bridgehead atoms. The van der Waals surface area contributed by atoms with Gasteiger partial charge in [-0.25, -0.2) is 24.4 Å². The molecule has 1 aliphatic heterocycles. The van der Waals surface area contributed by atoms with Crippen LogP contribution in [0.5, 0.6) is 0 Å². The number of rotatable bonds is 5. The smallest absolute Gasteiger partial charge is 0.428 e.